The molecular formula is C19H19F4N5O2. The van der Waals surface area contributed by atoms with Crippen LogP contribution in [0.2, 0.25) is 0 Å². The number of halogens is 4. The highest BCUT2D eigenvalue weighted by Gasteiger charge is 2.43. The molecule has 0 bridgehead atoms. The number of aromatic amines is 1. The summed E-state index contributed by atoms with van der Waals surface area (Å²) in [6.07, 6.45) is -5.29. The van der Waals surface area contributed by atoms with Crippen LogP contribution in [-0.4, -0.2) is 58.2 Å². The number of hydrogen-bond donors (Lipinski definition) is 1. The van der Waals surface area contributed by atoms with Crippen molar-refractivity contribution < 1.29 is 27.0 Å². The Kier molecular flexibility index (Phi) is 5.22. The lowest BCUT2D eigenvalue weighted by molar-refractivity contribution is -0.221. The number of alkyl halides is 3. The van der Waals surface area contributed by atoms with E-state index in [1.54, 1.807) is 19.9 Å². The molecule has 0 spiro atoms. The Morgan fingerprint density at radius 1 is 1.23 bits per heavy atom. The topological polar surface area (TPSA) is 76.2 Å². The lowest BCUT2D eigenvalue weighted by atomic mass is 10.1. The zero-order valence-corrected chi connectivity index (χ0v) is 16.2. The summed E-state index contributed by atoms with van der Waals surface area (Å²) < 4.78 is 63.6. The summed E-state index contributed by atoms with van der Waals surface area (Å²) in [4.78, 5) is 9.80. The Labute approximate surface area is 169 Å². The van der Waals surface area contributed by atoms with E-state index >= 15 is 0 Å². The van der Waals surface area contributed by atoms with Crippen LogP contribution < -0.4 is 9.64 Å². The molecule has 1 fully saturated rings. The van der Waals surface area contributed by atoms with E-state index in [0.29, 0.717) is 28.1 Å². The quantitative estimate of drug-likeness (QED) is 0.643. The molecule has 3 aromatic rings. The molecule has 1 saturated heterocycles. The number of nitrogens with zero attached hydrogens (tertiary/aromatic N) is 4. The number of hydrogen-bond acceptors (Lipinski definition) is 6. The summed E-state index contributed by atoms with van der Waals surface area (Å²) in [6.45, 7) is 3.41. The van der Waals surface area contributed by atoms with E-state index in [0.717, 1.165) is 0 Å². The number of anilines is 1. The minimum absolute atomic E-state index is 0.0655. The summed E-state index contributed by atoms with van der Waals surface area (Å²) in [7, 11) is 0. The van der Waals surface area contributed by atoms with Crippen molar-refractivity contribution in [2.45, 2.75) is 32.2 Å². The first-order chi connectivity index (χ1) is 14.2. The molecule has 160 valence electrons. The van der Waals surface area contributed by atoms with E-state index in [1.165, 1.54) is 23.4 Å². The fourth-order valence-electron chi connectivity index (χ4n) is 3.26. The summed E-state index contributed by atoms with van der Waals surface area (Å²) in [5, 5.41) is 7.53. The normalized spacial score (nSPS) is 17.7. The highest BCUT2D eigenvalue weighted by atomic mass is 19.4. The molecule has 3 heterocycles. The zero-order chi connectivity index (χ0) is 21.5. The SMILES string of the molecule is CC(C)Oc1cc2c(-c3cc(N4CCOC(C(F)(F)F)C4)ncn3)n[nH]c2cc1F. The second kappa shape index (κ2) is 7.71. The summed E-state index contributed by atoms with van der Waals surface area (Å²) in [6, 6.07) is 4.36. The predicted molar refractivity (Wildman–Crippen MR) is 101 cm³/mol. The van der Waals surface area contributed by atoms with Crippen LogP contribution in [0.4, 0.5) is 23.4 Å². The van der Waals surface area contributed by atoms with E-state index in [9.17, 15) is 17.6 Å². The molecule has 1 aliphatic rings. The van der Waals surface area contributed by atoms with Gasteiger partial charge >= 0.3 is 6.18 Å². The van der Waals surface area contributed by atoms with Gasteiger partial charge < -0.3 is 14.4 Å². The highest BCUT2D eigenvalue weighted by molar-refractivity contribution is 5.93. The number of rotatable bonds is 4. The van der Waals surface area contributed by atoms with Crippen molar-refractivity contribution in [3.05, 3.63) is 30.3 Å². The van der Waals surface area contributed by atoms with Gasteiger partial charge in [-0.3, -0.25) is 5.10 Å². The molecule has 1 aliphatic heterocycles. The van der Waals surface area contributed by atoms with Gasteiger partial charge in [0.2, 0.25) is 0 Å². The predicted octanol–water partition coefficient (Wildman–Crippen LogP) is 3.71. The molecule has 4 rings (SSSR count). The standard InChI is InChI=1S/C19H19F4N5O2/c1-10(2)30-15-5-11-13(6-12(15)20)26-27-18(11)14-7-17(25-9-24-14)28-3-4-29-16(8-28)19(21,22)23/h5-7,9-10,16H,3-4,8H2,1-2H3,(H,26,27). The third-order valence-electron chi connectivity index (χ3n) is 4.63. The van der Waals surface area contributed by atoms with E-state index in [1.807, 2.05) is 0 Å². The third kappa shape index (κ3) is 4.02. The van der Waals surface area contributed by atoms with Gasteiger partial charge in [0.15, 0.2) is 17.7 Å². The minimum atomic E-state index is -4.45. The number of benzene rings is 1. The largest absolute Gasteiger partial charge is 0.488 e. The molecule has 30 heavy (non-hydrogen) atoms. The Hall–Kier alpha value is -2.95. The third-order valence-corrected chi connectivity index (χ3v) is 4.63. The summed E-state index contributed by atoms with van der Waals surface area (Å²) >= 11 is 0. The van der Waals surface area contributed by atoms with Crippen LogP contribution in [0, 0.1) is 5.82 Å². The lowest BCUT2D eigenvalue weighted by Crippen LogP contribution is -2.49. The van der Waals surface area contributed by atoms with E-state index in [4.69, 9.17) is 9.47 Å². The van der Waals surface area contributed by atoms with Crippen molar-refractivity contribution in [3.8, 4) is 17.1 Å². The van der Waals surface area contributed by atoms with Crippen LogP contribution in [0.15, 0.2) is 24.5 Å². The van der Waals surface area contributed by atoms with Crippen LogP contribution in [-0.2, 0) is 4.74 Å². The number of ether oxygens (including phenoxy) is 2. The van der Waals surface area contributed by atoms with Gasteiger partial charge in [-0.05, 0) is 19.9 Å². The maximum atomic E-state index is 14.2. The maximum absolute atomic E-state index is 14.2. The van der Waals surface area contributed by atoms with Crippen molar-refractivity contribution in [1.29, 1.82) is 0 Å². The fraction of sp³-hybridized carbons (Fsp3) is 0.421. The molecule has 0 amide bonds. The average Bonchev–Trinajstić information content (AvgIpc) is 3.10. The number of nitrogens with one attached hydrogen (secondary N) is 1. The molecule has 2 aromatic heterocycles. The molecule has 11 heteroatoms. The van der Waals surface area contributed by atoms with Crippen molar-refractivity contribution in [3.63, 3.8) is 0 Å². The van der Waals surface area contributed by atoms with Crippen LogP contribution in [0.3, 0.4) is 0 Å². The number of fused-ring (bicyclic) bond motifs is 1. The summed E-state index contributed by atoms with van der Waals surface area (Å²) in [5.41, 5.74) is 1.26. The first-order valence-corrected chi connectivity index (χ1v) is 9.32. The van der Waals surface area contributed by atoms with Crippen LogP contribution >= 0.6 is 0 Å². The first-order valence-electron chi connectivity index (χ1n) is 9.32. The average molecular weight is 425 g/mol. The second-order valence-corrected chi connectivity index (χ2v) is 7.18. The van der Waals surface area contributed by atoms with Gasteiger partial charge in [0, 0.05) is 24.1 Å². The van der Waals surface area contributed by atoms with E-state index in [-0.39, 0.29) is 31.5 Å². The Morgan fingerprint density at radius 3 is 2.77 bits per heavy atom. The van der Waals surface area contributed by atoms with E-state index < -0.39 is 18.1 Å². The van der Waals surface area contributed by atoms with Gasteiger partial charge in [-0.25, -0.2) is 14.4 Å². The molecule has 0 saturated carbocycles. The van der Waals surface area contributed by atoms with Gasteiger partial charge in [0.25, 0.3) is 0 Å². The van der Waals surface area contributed by atoms with Gasteiger partial charge in [0.05, 0.1) is 30.5 Å². The van der Waals surface area contributed by atoms with Gasteiger partial charge in [-0.15, -0.1) is 0 Å². The Morgan fingerprint density at radius 2 is 2.03 bits per heavy atom. The molecule has 1 N–H and O–H groups in total. The monoisotopic (exact) mass is 425 g/mol. The number of morpholine rings is 1. The van der Waals surface area contributed by atoms with Crippen LogP contribution in [0.5, 0.6) is 5.75 Å². The fourth-order valence-corrected chi connectivity index (χ4v) is 3.26. The molecule has 1 aromatic carbocycles. The highest BCUT2D eigenvalue weighted by Crippen LogP contribution is 2.32. The van der Waals surface area contributed by atoms with Crippen molar-refractivity contribution in [1.82, 2.24) is 20.2 Å². The maximum Gasteiger partial charge on any atom is 0.416 e. The van der Waals surface area contributed by atoms with Crippen LogP contribution in [0.1, 0.15) is 13.8 Å². The van der Waals surface area contributed by atoms with Gasteiger partial charge in [0.1, 0.15) is 17.8 Å². The van der Waals surface area contributed by atoms with Gasteiger partial charge in [-0.2, -0.15) is 18.3 Å². The smallest absolute Gasteiger partial charge is 0.416 e. The molecule has 7 nitrogen and oxygen atoms in total. The Balaban J connectivity index is 1.68. The van der Waals surface area contributed by atoms with Crippen molar-refractivity contribution >= 4 is 16.7 Å². The Bertz CT molecular complexity index is 1050. The molecular weight excluding hydrogens is 406 g/mol. The first kappa shape index (κ1) is 20.3. The second-order valence-electron chi connectivity index (χ2n) is 7.18. The van der Waals surface area contributed by atoms with Gasteiger partial charge in [-0.1, -0.05) is 0 Å². The lowest BCUT2D eigenvalue weighted by Gasteiger charge is -2.34. The van der Waals surface area contributed by atoms with Crippen molar-refractivity contribution in [2.75, 3.05) is 24.6 Å². The minimum Gasteiger partial charge on any atom is -0.488 e. The molecule has 1 unspecified atom stereocenters. The van der Waals surface area contributed by atoms with E-state index in [2.05, 4.69) is 20.2 Å². The number of H-pyrrole nitrogens is 1. The molecule has 0 radical (unpaired) electrons. The van der Waals surface area contributed by atoms with Crippen molar-refractivity contribution in [2.24, 2.45) is 0 Å². The molecule has 0 aliphatic carbocycles. The summed E-state index contributed by atoms with van der Waals surface area (Å²) in [5.74, 6) is -0.119. The zero-order valence-electron chi connectivity index (χ0n) is 16.2. The number of aromatic nitrogens is 4. The molecule has 1 atom stereocenters. The van der Waals surface area contributed by atoms with Crippen LogP contribution in [0.25, 0.3) is 22.3 Å².